The SMILES string of the molecule is CC1CCC(CNC(C)C)(c2cccc(Cl)c2F)CC1. The molecule has 0 aromatic heterocycles. The lowest BCUT2D eigenvalue weighted by atomic mass is 9.66. The minimum atomic E-state index is -0.228. The molecule has 1 aromatic rings. The fourth-order valence-electron chi connectivity index (χ4n) is 3.17. The Morgan fingerprint density at radius 3 is 2.60 bits per heavy atom. The summed E-state index contributed by atoms with van der Waals surface area (Å²) in [5, 5.41) is 3.75. The van der Waals surface area contributed by atoms with E-state index in [2.05, 4.69) is 26.1 Å². The van der Waals surface area contributed by atoms with Crippen LogP contribution in [-0.2, 0) is 5.41 Å². The molecule has 0 radical (unpaired) electrons. The van der Waals surface area contributed by atoms with Crippen LogP contribution in [0.3, 0.4) is 0 Å². The molecular formula is C17H25ClFN. The molecule has 0 heterocycles. The monoisotopic (exact) mass is 297 g/mol. The Morgan fingerprint density at radius 2 is 2.00 bits per heavy atom. The Hall–Kier alpha value is -0.600. The van der Waals surface area contributed by atoms with Crippen molar-refractivity contribution in [2.45, 2.75) is 57.9 Å². The summed E-state index contributed by atoms with van der Waals surface area (Å²) in [4.78, 5) is 0. The Morgan fingerprint density at radius 1 is 1.35 bits per heavy atom. The summed E-state index contributed by atoms with van der Waals surface area (Å²) in [6.45, 7) is 7.38. The van der Waals surface area contributed by atoms with Crippen molar-refractivity contribution in [2.24, 2.45) is 5.92 Å². The van der Waals surface area contributed by atoms with Gasteiger partial charge in [-0.3, -0.25) is 0 Å². The molecule has 20 heavy (non-hydrogen) atoms. The Balaban J connectivity index is 2.33. The van der Waals surface area contributed by atoms with Gasteiger partial charge < -0.3 is 5.32 Å². The summed E-state index contributed by atoms with van der Waals surface area (Å²) in [7, 11) is 0. The van der Waals surface area contributed by atoms with E-state index in [1.165, 1.54) is 0 Å². The molecular weight excluding hydrogens is 273 g/mol. The van der Waals surface area contributed by atoms with Gasteiger partial charge in [-0.25, -0.2) is 4.39 Å². The third-order valence-electron chi connectivity index (χ3n) is 4.60. The molecule has 1 nitrogen and oxygen atoms in total. The van der Waals surface area contributed by atoms with Crippen LogP contribution in [0.5, 0.6) is 0 Å². The van der Waals surface area contributed by atoms with Crippen molar-refractivity contribution >= 4 is 11.6 Å². The summed E-state index contributed by atoms with van der Waals surface area (Å²) in [6.07, 6.45) is 4.38. The van der Waals surface area contributed by atoms with Crippen LogP contribution in [-0.4, -0.2) is 12.6 Å². The zero-order valence-corrected chi connectivity index (χ0v) is 13.4. The Labute approximate surface area is 126 Å². The molecule has 1 fully saturated rings. The van der Waals surface area contributed by atoms with E-state index in [1.807, 2.05) is 12.1 Å². The third-order valence-corrected chi connectivity index (χ3v) is 4.89. The average molecular weight is 298 g/mol. The van der Waals surface area contributed by atoms with Crippen molar-refractivity contribution in [1.82, 2.24) is 5.32 Å². The minimum Gasteiger partial charge on any atom is -0.314 e. The maximum Gasteiger partial charge on any atom is 0.145 e. The van der Waals surface area contributed by atoms with Gasteiger partial charge in [-0.1, -0.05) is 44.5 Å². The highest BCUT2D eigenvalue weighted by Gasteiger charge is 2.38. The molecule has 0 atom stereocenters. The predicted octanol–water partition coefficient (Wildman–Crippen LogP) is 4.93. The standard InChI is InChI=1S/C17H25ClFN/c1-12(2)20-11-17(9-7-13(3)8-10-17)14-5-4-6-15(18)16(14)19/h4-6,12-13,20H,7-11H2,1-3H3. The fraction of sp³-hybridized carbons (Fsp3) is 0.647. The molecule has 112 valence electrons. The van der Waals surface area contributed by atoms with Gasteiger partial charge in [0.05, 0.1) is 5.02 Å². The van der Waals surface area contributed by atoms with Crippen molar-refractivity contribution < 1.29 is 4.39 Å². The van der Waals surface area contributed by atoms with Crippen LogP contribution >= 0.6 is 11.6 Å². The van der Waals surface area contributed by atoms with Crippen molar-refractivity contribution in [2.75, 3.05) is 6.54 Å². The van der Waals surface area contributed by atoms with Crippen LogP contribution in [0.25, 0.3) is 0 Å². The van der Waals surface area contributed by atoms with Crippen LogP contribution in [0.1, 0.15) is 52.0 Å². The van der Waals surface area contributed by atoms with Gasteiger partial charge in [0.15, 0.2) is 0 Å². The molecule has 1 aliphatic rings. The quantitative estimate of drug-likeness (QED) is 0.831. The molecule has 0 spiro atoms. The van der Waals surface area contributed by atoms with Gasteiger partial charge in [-0.15, -0.1) is 0 Å². The molecule has 1 aromatic carbocycles. The third kappa shape index (κ3) is 3.35. The van der Waals surface area contributed by atoms with E-state index in [9.17, 15) is 4.39 Å². The van der Waals surface area contributed by atoms with Crippen molar-refractivity contribution in [3.63, 3.8) is 0 Å². The number of halogens is 2. The predicted molar refractivity (Wildman–Crippen MR) is 83.9 cm³/mol. The topological polar surface area (TPSA) is 12.0 Å². The van der Waals surface area contributed by atoms with Crippen molar-refractivity contribution in [1.29, 1.82) is 0 Å². The lowest BCUT2D eigenvalue weighted by Gasteiger charge is -2.41. The van der Waals surface area contributed by atoms with E-state index >= 15 is 0 Å². The first-order valence-corrected chi connectivity index (χ1v) is 8.00. The maximum atomic E-state index is 14.5. The highest BCUT2D eigenvalue weighted by atomic mass is 35.5. The van der Waals surface area contributed by atoms with E-state index in [0.29, 0.717) is 6.04 Å². The molecule has 0 saturated heterocycles. The molecule has 1 saturated carbocycles. The maximum absolute atomic E-state index is 14.5. The van der Waals surface area contributed by atoms with Gasteiger partial charge in [0.25, 0.3) is 0 Å². The highest BCUT2D eigenvalue weighted by Crippen LogP contribution is 2.43. The zero-order valence-electron chi connectivity index (χ0n) is 12.7. The Kier molecular flexibility index (Phi) is 5.09. The first-order valence-electron chi connectivity index (χ1n) is 7.62. The van der Waals surface area contributed by atoms with Crippen LogP contribution < -0.4 is 5.32 Å². The van der Waals surface area contributed by atoms with Crippen LogP contribution in [0, 0.1) is 11.7 Å². The van der Waals surface area contributed by atoms with Crippen LogP contribution in [0.4, 0.5) is 4.39 Å². The van der Waals surface area contributed by atoms with E-state index in [-0.39, 0.29) is 16.3 Å². The van der Waals surface area contributed by atoms with E-state index in [0.717, 1.165) is 43.7 Å². The minimum absolute atomic E-state index is 0.105. The summed E-state index contributed by atoms with van der Waals surface area (Å²) >= 11 is 5.99. The lowest BCUT2D eigenvalue weighted by molar-refractivity contribution is 0.224. The van der Waals surface area contributed by atoms with Gasteiger partial charge >= 0.3 is 0 Å². The van der Waals surface area contributed by atoms with Gasteiger partial charge in [0.2, 0.25) is 0 Å². The number of hydrogen-bond acceptors (Lipinski definition) is 1. The largest absolute Gasteiger partial charge is 0.314 e. The van der Waals surface area contributed by atoms with Crippen molar-refractivity contribution in [3.05, 3.63) is 34.6 Å². The second kappa shape index (κ2) is 6.44. The molecule has 2 rings (SSSR count). The molecule has 1 aliphatic carbocycles. The molecule has 0 aliphatic heterocycles. The second-order valence-corrected chi connectivity index (χ2v) is 7.01. The summed E-state index contributed by atoms with van der Waals surface area (Å²) < 4.78 is 14.5. The summed E-state index contributed by atoms with van der Waals surface area (Å²) in [5.41, 5.74) is 0.691. The van der Waals surface area contributed by atoms with E-state index < -0.39 is 0 Å². The lowest BCUT2D eigenvalue weighted by Crippen LogP contribution is -2.43. The first kappa shape index (κ1) is 15.8. The smallest absolute Gasteiger partial charge is 0.145 e. The van der Waals surface area contributed by atoms with Crippen LogP contribution in [0.15, 0.2) is 18.2 Å². The Bertz CT molecular complexity index is 450. The molecule has 0 amide bonds. The normalized spacial score (nSPS) is 27.0. The second-order valence-electron chi connectivity index (χ2n) is 6.60. The molecule has 3 heteroatoms. The van der Waals surface area contributed by atoms with Gasteiger partial charge in [0.1, 0.15) is 5.82 Å². The van der Waals surface area contributed by atoms with Gasteiger partial charge in [-0.2, -0.15) is 0 Å². The number of rotatable bonds is 4. The van der Waals surface area contributed by atoms with Crippen molar-refractivity contribution in [3.8, 4) is 0 Å². The van der Waals surface area contributed by atoms with Crippen LogP contribution in [0.2, 0.25) is 5.02 Å². The molecule has 0 unspecified atom stereocenters. The summed E-state index contributed by atoms with van der Waals surface area (Å²) in [5.74, 6) is 0.513. The molecule has 1 N–H and O–H groups in total. The number of hydrogen-bond donors (Lipinski definition) is 1. The average Bonchev–Trinajstić information content (AvgIpc) is 2.42. The highest BCUT2D eigenvalue weighted by molar-refractivity contribution is 6.30. The zero-order chi connectivity index (χ0) is 14.8. The van der Waals surface area contributed by atoms with E-state index in [1.54, 1.807) is 6.07 Å². The summed E-state index contributed by atoms with van der Waals surface area (Å²) in [6, 6.07) is 5.83. The fourth-order valence-corrected chi connectivity index (χ4v) is 3.34. The van der Waals surface area contributed by atoms with E-state index in [4.69, 9.17) is 11.6 Å². The van der Waals surface area contributed by atoms with Gasteiger partial charge in [0, 0.05) is 18.0 Å². The molecule has 0 bridgehead atoms. The van der Waals surface area contributed by atoms with Gasteiger partial charge in [-0.05, 0) is 43.2 Å². The first-order chi connectivity index (χ1) is 9.44. The number of benzene rings is 1. The number of nitrogens with one attached hydrogen (secondary N) is 1.